The molecule has 0 saturated carbocycles. The average Bonchev–Trinajstić information content (AvgIpc) is 3.04. The molecule has 3 rings (SSSR count). The van der Waals surface area contributed by atoms with Crippen LogP contribution < -0.4 is 15.4 Å². The minimum atomic E-state index is 0.180. The molecule has 152 valence electrons. The van der Waals surface area contributed by atoms with E-state index in [-0.39, 0.29) is 6.04 Å². The van der Waals surface area contributed by atoms with Crippen LogP contribution in [0, 0.1) is 12.8 Å². The van der Waals surface area contributed by atoms with Crippen molar-refractivity contribution >= 4 is 5.96 Å². The van der Waals surface area contributed by atoms with E-state index in [4.69, 9.17) is 9.73 Å². The van der Waals surface area contributed by atoms with Crippen molar-refractivity contribution in [3.05, 3.63) is 41.5 Å². The first kappa shape index (κ1) is 20.2. The van der Waals surface area contributed by atoms with Crippen molar-refractivity contribution in [1.82, 2.24) is 25.4 Å². The predicted octanol–water partition coefficient (Wildman–Crippen LogP) is 3.12. The van der Waals surface area contributed by atoms with Gasteiger partial charge in [0.05, 0.1) is 12.6 Å². The molecule has 7 heteroatoms. The third-order valence-corrected chi connectivity index (χ3v) is 5.54. The number of fused-ring (bicyclic) bond motifs is 1. The van der Waals surface area contributed by atoms with E-state index >= 15 is 0 Å². The van der Waals surface area contributed by atoms with Gasteiger partial charge in [0.15, 0.2) is 11.8 Å². The molecule has 0 radical (unpaired) electrons. The zero-order valence-electron chi connectivity index (χ0n) is 17.4. The number of aryl methyl sites for hydroxylation is 1. The predicted molar refractivity (Wildman–Crippen MR) is 111 cm³/mol. The standard InChI is InChI=1S/C21H32N6O/c1-5-16(6-2)13-22-21(23-14-20-26-25-15(3)27(20)4)24-18-11-12-28-19-10-8-7-9-17(18)19/h7-10,16,18H,5-6,11-14H2,1-4H3,(H2,22,23,24). The smallest absolute Gasteiger partial charge is 0.192 e. The van der Waals surface area contributed by atoms with Crippen LogP contribution >= 0.6 is 0 Å². The van der Waals surface area contributed by atoms with E-state index < -0.39 is 0 Å². The van der Waals surface area contributed by atoms with Gasteiger partial charge in [-0.3, -0.25) is 0 Å². The molecular weight excluding hydrogens is 352 g/mol. The summed E-state index contributed by atoms with van der Waals surface area (Å²) in [6.45, 7) is 8.51. The van der Waals surface area contributed by atoms with Crippen molar-refractivity contribution in [3.63, 3.8) is 0 Å². The molecule has 0 fully saturated rings. The van der Waals surface area contributed by atoms with Crippen LogP contribution in [-0.2, 0) is 13.6 Å². The largest absolute Gasteiger partial charge is 0.493 e. The number of aromatic nitrogens is 3. The van der Waals surface area contributed by atoms with Gasteiger partial charge in [0.25, 0.3) is 0 Å². The van der Waals surface area contributed by atoms with Crippen LogP contribution in [0.1, 0.15) is 56.4 Å². The summed E-state index contributed by atoms with van der Waals surface area (Å²) in [6, 6.07) is 8.40. The van der Waals surface area contributed by atoms with Gasteiger partial charge in [0.2, 0.25) is 0 Å². The second-order valence-electron chi connectivity index (χ2n) is 7.32. The summed E-state index contributed by atoms with van der Waals surface area (Å²) in [4.78, 5) is 4.81. The molecule has 1 unspecified atom stereocenters. The number of para-hydroxylation sites is 1. The number of guanidine groups is 1. The molecule has 2 aromatic rings. The van der Waals surface area contributed by atoms with Gasteiger partial charge in [-0.15, -0.1) is 10.2 Å². The Morgan fingerprint density at radius 1 is 1.29 bits per heavy atom. The second-order valence-corrected chi connectivity index (χ2v) is 7.32. The van der Waals surface area contributed by atoms with Gasteiger partial charge in [-0.1, -0.05) is 44.9 Å². The van der Waals surface area contributed by atoms with Crippen LogP contribution in [0.5, 0.6) is 5.75 Å². The lowest BCUT2D eigenvalue weighted by molar-refractivity contribution is 0.261. The van der Waals surface area contributed by atoms with Crippen LogP contribution in [0.2, 0.25) is 0 Å². The number of hydrogen-bond donors (Lipinski definition) is 2. The normalized spacial score (nSPS) is 16.6. The van der Waals surface area contributed by atoms with Crippen molar-refractivity contribution in [3.8, 4) is 5.75 Å². The second kappa shape index (κ2) is 9.57. The number of rotatable bonds is 7. The van der Waals surface area contributed by atoms with E-state index in [1.54, 1.807) is 0 Å². The summed E-state index contributed by atoms with van der Waals surface area (Å²) in [5.41, 5.74) is 1.18. The molecule has 28 heavy (non-hydrogen) atoms. The number of hydrogen-bond acceptors (Lipinski definition) is 4. The highest BCUT2D eigenvalue weighted by molar-refractivity contribution is 5.80. The molecule has 1 aromatic heterocycles. The van der Waals surface area contributed by atoms with Crippen LogP contribution in [0.3, 0.4) is 0 Å². The van der Waals surface area contributed by atoms with Crippen LogP contribution in [0.4, 0.5) is 0 Å². The molecule has 0 bridgehead atoms. The van der Waals surface area contributed by atoms with Crippen molar-refractivity contribution in [2.75, 3.05) is 13.2 Å². The van der Waals surface area contributed by atoms with Crippen molar-refractivity contribution in [2.45, 2.75) is 52.6 Å². The minimum absolute atomic E-state index is 0.180. The van der Waals surface area contributed by atoms with E-state index in [1.165, 1.54) is 5.56 Å². The van der Waals surface area contributed by atoms with Crippen LogP contribution in [0.25, 0.3) is 0 Å². The van der Waals surface area contributed by atoms with Gasteiger partial charge in [-0.2, -0.15) is 0 Å². The van der Waals surface area contributed by atoms with E-state index in [1.807, 2.05) is 30.7 Å². The Morgan fingerprint density at radius 2 is 2.07 bits per heavy atom. The number of nitrogens with zero attached hydrogens (tertiary/aromatic N) is 4. The fourth-order valence-corrected chi connectivity index (χ4v) is 3.37. The first-order valence-corrected chi connectivity index (χ1v) is 10.2. The van der Waals surface area contributed by atoms with Gasteiger partial charge in [-0.05, 0) is 18.9 Å². The molecule has 7 nitrogen and oxygen atoms in total. The van der Waals surface area contributed by atoms with Gasteiger partial charge in [0.1, 0.15) is 18.1 Å². The molecule has 1 aliphatic rings. The lowest BCUT2D eigenvalue weighted by Gasteiger charge is -2.28. The Kier molecular flexibility index (Phi) is 6.90. The third-order valence-electron chi connectivity index (χ3n) is 5.54. The first-order valence-electron chi connectivity index (χ1n) is 10.2. The lowest BCUT2D eigenvalue weighted by atomic mass is 10.0. The summed E-state index contributed by atoms with van der Waals surface area (Å²) in [6.07, 6.45) is 3.21. The Bertz CT molecular complexity index is 796. The van der Waals surface area contributed by atoms with Crippen molar-refractivity contribution in [2.24, 2.45) is 18.0 Å². The molecule has 2 N–H and O–H groups in total. The zero-order valence-corrected chi connectivity index (χ0v) is 17.4. The zero-order chi connectivity index (χ0) is 19.9. The molecular formula is C21H32N6O. The minimum Gasteiger partial charge on any atom is -0.493 e. The van der Waals surface area contributed by atoms with Crippen molar-refractivity contribution < 1.29 is 4.74 Å². The molecule has 0 spiro atoms. The SMILES string of the molecule is CCC(CC)CNC(=NCc1nnc(C)n1C)NC1CCOc2ccccc21. The maximum atomic E-state index is 5.79. The monoisotopic (exact) mass is 384 g/mol. The fraction of sp³-hybridized carbons (Fsp3) is 0.571. The molecule has 0 amide bonds. The van der Waals surface area contributed by atoms with E-state index in [9.17, 15) is 0 Å². The molecule has 2 heterocycles. The number of nitrogens with one attached hydrogen (secondary N) is 2. The van der Waals surface area contributed by atoms with E-state index in [2.05, 4.69) is 46.8 Å². The summed E-state index contributed by atoms with van der Waals surface area (Å²) in [5, 5.41) is 15.5. The summed E-state index contributed by atoms with van der Waals surface area (Å²) >= 11 is 0. The van der Waals surface area contributed by atoms with Gasteiger partial charge >= 0.3 is 0 Å². The number of ether oxygens (including phenoxy) is 1. The molecule has 0 aliphatic carbocycles. The quantitative estimate of drug-likeness (QED) is 0.567. The van der Waals surface area contributed by atoms with E-state index in [0.29, 0.717) is 19.1 Å². The molecule has 1 atom stereocenters. The molecule has 0 saturated heterocycles. The highest BCUT2D eigenvalue weighted by Crippen LogP contribution is 2.31. The average molecular weight is 385 g/mol. The summed E-state index contributed by atoms with van der Waals surface area (Å²) in [7, 11) is 1.97. The maximum absolute atomic E-state index is 5.79. The first-order chi connectivity index (χ1) is 13.6. The Morgan fingerprint density at radius 3 is 2.79 bits per heavy atom. The van der Waals surface area contributed by atoms with Gasteiger partial charge in [-0.25, -0.2) is 4.99 Å². The Labute approximate surface area is 167 Å². The third kappa shape index (κ3) is 4.82. The fourth-order valence-electron chi connectivity index (χ4n) is 3.37. The Hall–Kier alpha value is -2.57. The Balaban J connectivity index is 1.76. The van der Waals surface area contributed by atoms with Crippen LogP contribution in [0.15, 0.2) is 29.3 Å². The summed E-state index contributed by atoms with van der Waals surface area (Å²) in [5.74, 6) is 4.14. The highest BCUT2D eigenvalue weighted by atomic mass is 16.5. The topological polar surface area (TPSA) is 76.4 Å². The summed E-state index contributed by atoms with van der Waals surface area (Å²) < 4.78 is 7.77. The maximum Gasteiger partial charge on any atom is 0.192 e. The number of aliphatic imine (C=N–C) groups is 1. The van der Waals surface area contributed by atoms with E-state index in [0.717, 1.165) is 49.2 Å². The van der Waals surface area contributed by atoms with Crippen molar-refractivity contribution in [1.29, 1.82) is 0 Å². The van der Waals surface area contributed by atoms with Gasteiger partial charge in [0, 0.05) is 25.6 Å². The molecule has 1 aliphatic heterocycles. The lowest BCUT2D eigenvalue weighted by Crippen LogP contribution is -2.42. The number of benzene rings is 1. The van der Waals surface area contributed by atoms with Gasteiger partial charge < -0.3 is 19.9 Å². The van der Waals surface area contributed by atoms with Crippen LogP contribution in [-0.4, -0.2) is 33.9 Å². The highest BCUT2D eigenvalue weighted by Gasteiger charge is 2.22. The molecule has 1 aromatic carbocycles.